The number of nitrogens with two attached hydrogens (primary N) is 1. The molecule has 19 heavy (non-hydrogen) atoms. The minimum atomic E-state index is 0.270. The van der Waals surface area contributed by atoms with Gasteiger partial charge in [-0.3, -0.25) is 4.90 Å². The van der Waals surface area contributed by atoms with Gasteiger partial charge in [-0.15, -0.1) is 0 Å². The molecule has 0 heterocycles. The monoisotopic (exact) mass is 264 g/mol. The number of hydrogen-bond donors (Lipinski definition) is 1. The summed E-state index contributed by atoms with van der Waals surface area (Å²) in [6, 6.07) is 9.29. The van der Waals surface area contributed by atoms with Crippen LogP contribution in [-0.2, 0) is 4.74 Å². The molecule has 0 saturated carbocycles. The second kappa shape index (κ2) is 8.31. The van der Waals surface area contributed by atoms with E-state index in [2.05, 4.69) is 49.9 Å². The molecule has 0 radical (unpaired) electrons. The van der Waals surface area contributed by atoms with E-state index in [-0.39, 0.29) is 6.04 Å². The molecule has 0 bridgehead atoms. The van der Waals surface area contributed by atoms with Gasteiger partial charge in [-0.2, -0.15) is 0 Å². The van der Waals surface area contributed by atoms with E-state index in [1.54, 1.807) is 7.11 Å². The summed E-state index contributed by atoms with van der Waals surface area (Å²) >= 11 is 0. The maximum Gasteiger partial charge on any atom is 0.0590 e. The lowest BCUT2D eigenvalue weighted by Crippen LogP contribution is -2.42. The van der Waals surface area contributed by atoms with Crippen LogP contribution in [0.4, 0.5) is 0 Å². The van der Waals surface area contributed by atoms with Crippen molar-refractivity contribution < 1.29 is 4.74 Å². The maximum atomic E-state index is 6.06. The van der Waals surface area contributed by atoms with Gasteiger partial charge in [-0.05, 0) is 31.4 Å². The van der Waals surface area contributed by atoms with Crippen molar-refractivity contribution in [1.29, 1.82) is 0 Å². The number of methoxy groups -OCH3 is 1. The summed E-state index contributed by atoms with van der Waals surface area (Å²) in [4.78, 5) is 2.46. The summed E-state index contributed by atoms with van der Waals surface area (Å²) in [5.41, 5.74) is 8.70. The fourth-order valence-electron chi connectivity index (χ4n) is 2.52. The van der Waals surface area contributed by atoms with Crippen molar-refractivity contribution in [2.24, 2.45) is 5.73 Å². The van der Waals surface area contributed by atoms with Crippen LogP contribution in [0.15, 0.2) is 24.3 Å². The van der Waals surface area contributed by atoms with Gasteiger partial charge < -0.3 is 10.5 Å². The van der Waals surface area contributed by atoms with E-state index in [1.165, 1.54) is 11.1 Å². The van der Waals surface area contributed by atoms with Crippen LogP contribution in [0.2, 0.25) is 0 Å². The highest BCUT2D eigenvalue weighted by atomic mass is 16.5. The fourth-order valence-corrected chi connectivity index (χ4v) is 2.52. The zero-order valence-corrected chi connectivity index (χ0v) is 12.7. The third-order valence-corrected chi connectivity index (χ3v) is 3.88. The minimum Gasteiger partial charge on any atom is -0.383 e. The average Bonchev–Trinajstić information content (AvgIpc) is 2.44. The molecule has 0 aliphatic heterocycles. The van der Waals surface area contributed by atoms with Crippen molar-refractivity contribution in [3.05, 3.63) is 35.4 Å². The predicted molar refractivity (Wildman–Crippen MR) is 81.3 cm³/mol. The van der Waals surface area contributed by atoms with Crippen LogP contribution < -0.4 is 5.73 Å². The maximum absolute atomic E-state index is 6.06. The van der Waals surface area contributed by atoms with Crippen LogP contribution in [0, 0.1) is 6.92 Å². The van der Waals surface area contributed by atoms with E-state index >= 15 is 0 Å². The summed E-state index contributed by atoms with van der Waals surface area (Å²) in [6.07, 6.45) is 1.12. The Morgan fingerprint density at radius 3 is 2.53 bits per heavy atom. The zero-order valence-electron chi connectivity index (χ0n) is 12.7. The smallest absolute Gasteiger partial charge is 0.0590 e. The first-order valence-electron chi connectivity index (χ1n) is 7.15. The lowest BCUT2D eigenvalue weighted by molar-refractivity contribution is 0.0900. The molecular weight excluding hydrogens is 236 g/mol. The Bertz CT molecular complexity index is 368. The predicted octanol–water partition coefficient (Wildman–Crippen LogP) is 2.74. The van der Waals surface area contributed by atoms with Crippen LogP contribution in [-0.4, -0.2) is 37.7 Å². The van der Waals surface area contributed by atoms with Crippen LogP contribution in [0.25, 0.3) is 0 Å². The Kier molecular flexibility index (Phi) is 7.06. The topological polar surface area (TPSA) is 38.5 Å². The minimum absolute atomic E-state index is 0.270. The summed E-state index contributed by atoms with van der Waals surface area (Å²) in [7, 11) is 1.75. The van der Waals surface area contributed by atoms with Gasteiger partial charge in [0.1, 0.15) is 0 Å². The Hall–Kier alpha value is -0.900. The van der Waals surface area contributed by atoms with Crippen molar-refractivity contribution >= 4 is 0 Å². The molecule has 2 unspecified atom stereocenters. The van der Waals surface area contributed by atoms with E-state index in [4.69, 9.17) is 10.5 Å². The standard InChI is InChI=1S/C16H28N2O/c1-5-14(3)18(10-11-19-4)16(12-17)15-9-7-6-8-13(15)2/h6-9,14,16H,5,10-12,17H2,1-4H3. The molecule has 0 saturated heterocycles. The Morgan fingerprint density at radius 1 is 1.32 bits per heavy atom. The van der Waals surface area contributed by atoms with Crippen LogP contribution >= 0.6 is 0 Å². The van der Waals surface area contributed by atoms with E-state index < -0.39 is 0 Å². The molecule has 3 nitrogen and oxygen atoms in total. The number of aryl methyl sites for hydroxylation is 1. The highest BCUT2D eigenvalue weighted by Crippen LogP contribution is 2.25. The summed E-state index contributed by atoms with van der Waals surface area (Å²) < 4.78 is 5.25. The molecule has 0 aliphatic carbocycles. The number of benzene rings is 1. The molecule has 1 aromatic rings. The highest BCUT2D eigenvalue weighted by molar-refractivity contribution is 5.29. The van der Waals surface area contributed by atoms with Gasteiger partial charge in [0.15, 0.2) is 0 Å². The summed E-state index contributed by atoms with van der Waals surface area (Å²) in [6.45, 7) is 8.93. The van der Waals surface area contributed by atoms with Crippen LogP contribution in [0.3, 0.4) is 0 Å². The molecule has 0 aliphatic rings. The normalized spacial score (nSPS) is 14.6. The fraction of sp³-hybridized carbons (Fsp3) is 0.625. The van der Waals surface area contributed by atoms with E-state index in [0.29, 0.717) is 12.6 Å². The number of nitrogens with zero attached hydrogens (tertiary/aromatic N) is 1. The third kappa shape index (κ3) is 4.30. The lowest BCUT2D eigenvalue weighted by atomic mass is 9.98. The second-order valence-electron chi connectivity index (χ2n) is 5.10. The lowest BCUT2D eigenvalue weighted by Gasteiger charge is -2.36. The van der Waals surface area contributed by atoms with Gasteiger partial charge in [-0.1, -0.05) is 31.2 Å². The molecule has 0 aromatic heterocycles. The molecule has 0 amide bonds. The molecular formula is C16H28N2O. The molecule has 3 heteroatoms. The zero-order chi connectivity index (χ0) is 14.3. The Balaban J connectivity index is 2.98. The van der Waals surface area contributed by atoms with Crippen LogP contribution in [0.5, 0.6) is 0 Å². The van der Waals surface area contributed by atoms with Crippen molar-refractivity contribution in [3.8, 4) is 0 Å². The quantitative estimate of drug-likeness (QED) is 0.784. The van der Waals surface area contributed by atoms with Gasteiger partial charge in [0.2, 0.25) is 0 Å². The van der Waals surface area contributed by atoms with Crippen molar-refractivity contribution in [3.63, 3.8) is 0 Å². The summed E-state index contributed by atoms with van der Waals surface area (Å²) in [5, 5.41) is 0. The molecule has 0 fully saturated rings. The van der Waals surface area contributed by atoms with E-state index in [9.17, 15) is 0 Å². The number of ether oxygens (including phenoxy) is 1. The highest BCUT2D eigenvalue weighted by Gasteiger charge is 2.23. The van der Waals surface area contributed by atoms with Crippen molar-refractivity contribution in [2.75, 3.05) is 26.8 Å². The molecule has 2 N–H and O–H groups in total. The Labute approximate surface area is 117 Å². The molecule has 1 aromatic carbocycles. The van der Waals surface area contributed by atoms with E-state index in [1.807, 2.05) is 0 Å². The van der Waals surface area contributed by atoms with Crippen molar-refractivity contribution in [2.45, 2.75) is 39.3 Å². The molecule has 108 valence electrons. The first-order valence-corrected chi connectivity index (χ1v) is 7.15. The van der Waals surface area contributed by atoms with Gasteiger partial charge in [0, 0.05) is 32.3 Å². The van der Waals surface area contributed by atoms with Gasteiger partial charge in [0.05, 0.1) is 6.61 Å². The first-order chi connectivity index (χ1) is 9.15. The third-order valence-electron chi connectivity index (χ3n) is 3.88. The van der Waals surface area contributed by atoms with Crippen LogP contribution in [0.1, 0.15) is 37.4 Å². The largest absolute Gasteiger partial charge is 0.383 e. The molecule has 0 spiro atoms. The van der Waals surface area contributed by atoms with Gasteiger partial charge in [-0.25, -0.2) is 0 Å². The summed E-state index contributed by atoms with van der Waals surface area (Å²) in [5.74, 6) is 0. The second-order valence-corrected chi connectivity index (χ2v) is 5.10. The van der Waals surface area contributed by atoms with Crippen molar-refractivity contribution in [1.82, 2.24) is 4.90 Å². The molecule has 2 atom stereocenters. The van der Waals surface area contributed by atoms with Gasteiger partial charge >= 0.3 is 0 Å². The SMILES string of the molecule is CCC(C)N(CCOC)C(CN)c1ccccc1C. The molecule has 1 rings (SSSR count). The Morgan fingerprint density at radius 2 is 2.00 bits per heavy atom. The van der Waals surface area contributed by atoms with E-state index in [0.717, 1.165) is 19.6 Å². The van der Waals surface area contributed by atoms with Gasteiger partial charge in [0.25, 0.3) is 0 Å². The number of hydrogen-bond acceptors (Lipinski definition) is 3. The first kappa shape index (κ1) is 16.2. The number of rotatable bonds is 8. The average molecular weight is 264 g/mol.